The van der Waals surface area contributed by atoms with Gasteiger partial charge < -0.3 is 15.2 Å². The van der Waals surface area contributed by atoms with Gasteiger partial charge in [-0.1, -0.05) is 44.2 Å². The van der Waals surface area contributed by atoms with Gasteiger partial charge in [-0.15, -0.1) is 0 Å². The van der Waals surface area contributed by atoms with E-state index in [1.54, 1.807) is 13.8 Å². The largest absolute Gasteiger partial charge is 0.458 e. The first-order chi connectivity index (χ1) is 9.41. The Labute approximate surface area is 119 Å². The summed E-state index contributed by atoms with van der Waals surface area (Å²) in [6.07, 6.45) is -0.933. The molecule has 1 aromatic carbocycles. The first-order valence-electron chi connectivity index (χ1n) is 6.58. The highest BCUT2D eigenvalue weighted by Crippen LogP contribution is 2.11. The van der Waals surface area contributed by atoms with E-state index in [1.165, 1.54) is 6.92 Å². The predicted octanol–water partition coefficient (Wildman–Crippen LogP) is 1.64. The van der Waals surface area contributed by atoms with Crippen LogP contribution in [0.2, 0.25) is 0 Å². The van der Waals surface area contributed by atoms with E-state index in [0.717, 1.165) is 5.56 Å². The average Bonchev–Trinajstić information content (AvgIpc) is 2.42. The zero-order valence-corrected chi connectivity index (χ0v) is 12.0. The number of ether oxygens (including phenoxy) is 2. The van der Waals surface area contributed by atoms with Crippen molar-refractivity contribution in [2.75, 3.05) is 0 Å². The van der Waals surface area contributed by atoms with Crippen LogP contribution in [-0.2, 0) is 25.7 Å². The standard InChI is InChI=1S/C15H21NO4/c1-10(2)13(20-14(17)11(3)16)15(18)19-9-12-7-5-4-6-8-12/h4-8,10-11,13H,9,16H2,1-3H3/t11-,13+/m1/s1. The normalized spacial score (nSPS) is 13.7. The van der Waals surface area contributed by atoms with Gasteiger partial charge in [0.05, 0.1) is 0 Å². The molecule has 5 nitrogen and oxygen atoms in total. The fourth-order valence-electron chi connectivity index (χ4n) is 1.50. The Morgan fingerprint density at radius 3 is 2.20 bits per heavy atom. The van der Waals surface area contributed by atoms with Gasteiger partial charge in [0, 0.05) is 5.92 Å². The molecule has 5 heteroatoms. The molecule has 0 heterocycles. The highest BCUT2D eigenvalue weighted by atomic mass is 16.6. The number of carbonyl (C=O) groups excluding carboxylic acids is 2. The molecule has 2 N–H and O–H groups in total. The van der Waals surface area contributed by atoms with E-state index in [2.05, 4.69) is 0 Å². The van der Waals surface area contributed by atoms with E-state index in [1.807, 2.05) is 30.3 Å². The highest BCUT2D eigenvalue weighted by molar-refractivity contribution is 5.81. The Balaban J connectivity index is 2.58. The summed E-state index contributed by atoms with van der Waals surface area (Å²) in [5.41, 5.74) is 6.30. The molecular formula is C15H21NO4. The van der Waals surface area contributed by atoms with Crippen molar-refractivity contribution >= 4 is 11.9 Å². The van der Waals surface area contributed by atoms with Gasteiger partial charge in [-0.2, -0.15) is 0 Å². The van der Waals surface area contributed by atoms with Gasteiger partial charge in [-0.05, 0) is 12.5 Å². The number of rotatable bonds is 6. The number of carbonyl (C=O) groups is 2. The molecule has 0 spiro atoms. The summed E-state index contributed by atoms with van der Waals surface area (Å²) in [6, 6.07) is 8.54. The molecule has 0 unspecified atom stereocenters. The van der Waals surface area contributed by atoms with E-state index < -0.39 is 24.1 Å². The summed E-state index contributed by atoms with van der Waals surface area (Å²) in [5.74, 6) is -1.35. The first kappa shape index (κ1) is 16.2. The molecule has 0 aliphatic carbocycles. The highest BCUT2D eigenvalue weighted by Gasteiger charge is 2.29. The summed E-state index contributed by atoms with van der Waals surface area (Å²) >= 11 is 0. The molecule has 0 aliphatic rings. The summed E-state index contributed by atoms with van der Waals surface area (Å²) in [7, 11) is 0. The van der Waals surface area contributed by atoms with Crippen molar-refractivity contribution in [3.63, 3.8) is 0 Å². The van der Waals surface area contributed by atoms with Crippen LogP contribution in [0.15, 0.2) is 30.3 Å². The third-order valence-corrected chi connectivity index (χ3v) is 2.68. The zero-order valence-electron chi connectivity index (χ0n) is 12.0. The maximum Gasteiger partial charge on any atom is 0.348 e. The monoisotopic (exact) mass is 279 g/mol. The van der Waals surface area contributed by atoms with Crippen LogP contribution in [0.5, 0.6) is 0 Å². The fraction of sp³-hybridized carbons (Fsp3) is 0.467. The summed E-state index contributed by atoms with van der Waals surface area (Å²) in [4.78, 5) is 23.5. The van der Waals surface area contributed by atoms with Crippen LogP contribution in [0.3, 0.4) is 0 Å². The molecule has 20 heavy (non-hydrogen) atoms. The summed E-state index contributed by atoms with van der Waals surface area (Å²) in [6.45, 7) is 5.22. The van der Waals surface area contributed by atoms with E-state index in [9.17, 15) is 9.59 Å². The molecule has 0 saturated carbocycles. The number of benzene rings is 1. The van der Waals surface area contributed by atoms with Crippen LogP contribution in [0.25, 0.3) is 0 Å². The van der Waals surface area contributed by atoms with Gasteiger partial charge in [0.2, 0.25) is 6.10 Å². The maximum absolute atomic E-state index is 12.0. The minimum Gasteiger partial charge on any atom is -0.458 e. The smallest absolute Gasteiger partial charge is 0.348 e. The number of esters is 2. The lowest BCUT2D eigenvalue weighted by atomic mass is 10.1. The lowest BCUT2D eigenvalue weighted by molar-refractivity contribution is -0.172. The minimum absolute atomic E-state index is 0.151. The molecule has 0 bridgehead atoms. The molecule has 0 saturated heterocycles. The van der Waals surface area contributed by atoms with Crippen LogP contribution in [-0.4, -0.2) is 24.1 Å². The molecule has 0 aliphatic heterocycles. The second kappa shape index (κ2) is 7.65. The number of hydrogen-bond acceptors (Lipinski definition) is 5. The van der Waals surface area contributed by atoms with Gasteiger partial charge in [0.15, 0.2) is 0 Å². The zero-order chi connectivity index (χ0) is 15.1. The second-order valence-electron chi connectivity index (χ2n) is 4.98. The molecule has 0 amide bonds. The Kier molecular flexibility index (Phi) is 6.18. The van der Waals surface area contributed by atoms with Gasteiger partial charge in [-0.25, -0.2) is 4.79 Å². The van der Waals surface area contributed by atoms with E-state index in [-0.39, 0.29) is 12.5 Å². The molecule has 1 rings (SSSR count). The number of hydrogen-bond donors (Lipinski definition) is 1. The molecular weight excluding hydrogens is 258 g/mol. The van der Waals surface area contributed by atoms with Crippen molar-refractivity contribution in [2.45, 2.75) is 39.5 Å². The van der Waals surface area contributed by atoms with Gasteiger partial charge in [0.25, 0.3) is 0 Å². The van der Waals surface area contributed by atoms with Crippen molar-refractivity contribution in [1.29, 1.82) is 0 Å². The second-order valence-corrected chi connectivity index (χ2v) is 4.98. The quantitative estimate of drug-likeness (QED) is 0.801. The molecule has 2 atom stereocenters. The molecule has 0 radical (unpaired) electrons. The summed E-state index contributed by atoms with van der Waals surface area (Å²) in [5, 5.41) is 0. The Hall–Kier alpha value is -1.88. The lowest BCUT2D eigenvalue weighted by Crippen LogP contribution is -2.39. The van der Waals surface area contributed by atoms with Crippen LogP contribution in [0, 0.1) is 5.92 Å². The van der Waals surface area contributed by atoms with Crippen molar-refractivity contribution in [1.82, 2.24) is 0 Å². The maximum atomic E-state index is 12.0. The van der Waals surface area contributed by atoms with Crippen molar-refractivity contribution < 1.29 is 19.1 Å². The molecule has 110 valence electrons. The Morgan fingerprint density at radius 1 is 1.10 bits per heavy atom. The summed E-state index contributed by atoms with van der Waals surface area (Å²) < 4.78 is 10.3. The Bertz CT molecular complexity index is 442. The van der Waals surface area contributed by atoms with Crippen LogP contribution >= 0.6 is 0 Å². The van der Waals surface area contributed by atoms with E-state index in [0.29, 0.717) is 0 Å². The van der Waals surface area contributed by atoms with Crippen LogP contribution in [0.1, 0.15) is 26.3 Å². The fourth-order valence-corrected chi connectivity index (χ4v) is 1.50. The molecule has 0 fully saturated rings. The van der Waals surface area contributed by atoms with Crippen LogP contribution < -0.4 is 5.73 Å². The lowest BCUT2D eigenvalue weighted by Gasteiger charge is -2.20. The topological polar surface area (TPSA) is 78.6 Å². The third kappa shape index (κ3) is 5.01. The van der Waals surface area contributed by atoms with Gasteiger partial charge in [-0.3, -0.25) is 4.79 Å². The molecule has 1 aromatic rings. The average molecular weight is 279 g/mol. The van der Waals surface area contributed by atoms with Gasteiger partial charge in [0.1, 0.15) is 12.6 Å². The first-order valence-corrected chi connectivity index (χ1v) is 6.58. The van der Waals surface area contributed by atoms with Crippen molar-refractivity contribution in [3.8, 4) is 0 Å². The van der Waals surface area contributed by atoms with Crippen molar-refractivity contribution in [2.24, 2.45) is 11.7 Å². The van der Waals surface area contributed by atoms with E-state index >= 15 is 0 Å². The molecule has 0 aromatic heterocycles. The van der Waals surface area contributed by atoms with Crippen LogP contribution in [0.4, 0.5) is 0 Å². The SMILES string of the molecule is CC(C)[C@H](OC(=O)[C@@H](C)N)C(=O)OCc1ccccc1. The van der Waals surface area contributed by atoms with Gasteiger partial charge >= 0.3 is 11.9 Å². The van der Waals surface area contributed by atoms with Crippen molar-refractivity contribution in [3.05, 3.63) is 35.9 Å². The van der Waals surface area contributed by atoms with E-state index in [4.69, 9.17) is 15.2 Å². The predicted molar refractivity (Wildman–Crippen MR) is 74.6 cm³/mol. The Morgan fingerprint density at radius 2 is 1.70 bits per heavy atom. The minimum atomic E-state index is -0.933. The third-order valence-electron chi connectivity index (χ3n) is 2.68. The number of nitrogens with two attached hydrogens (primary N) is 1.